The molecule has 0 N–H and O–H groups in total. The summed E-state index contributed by atoms with van der Waals surface area (Å²) < 4.78 is 5.66. The molecule has 3 aromatic rings. The van der Waals surface area contributed by atoms with Crippen LogP contribution in [0.4, 0.5) is 5.69 Å². The molecule has 0 radical (unpaired) electrons. The highest BCUT2D eigenvalue weighted by molar-refractivity contribution is 5.94. The number of benzene rings is 2. The van der Waals surface area contributed by atoms with Crippen molar-refractivity contribution in [2.45, 2.75) is 6.92 Å². The standard InChI is InChI=1S/C19H18N2O2/c1-2-21(16-8-4-3-5-9-16)19(22)14-23-17-10-11-18-15(13-17)7-6-12-20-18/h3-13H,2,14H2,1H3. The van der Waals surface area contributed by atoms with Crippen molar-refractivity contribution in [2.75, 3.05) is 18.1 Å². The molecule has 0 fully saturated rings. The monoisotopic (exact) mass is 306 g/mol. The zero-order valence-electron chi connectivity index (χ0n) is 13.0. The molecule has 4 nitrogen and oxygen atoms in total. The van der Waals surface area contributed by atoms with Gasteiger partial charge in [0.1, 0.15) is 5.75 Å². The lowest BCUT2D eigenvalue weighted by molar-refractivity contribution is -0.120. The number of hydrogen-bond acceptors (Lipinski definition) is 3. The normalized spacial score (nSPS) is 10.5. The summed E-state index contributed by atoms with van der Waals surface area (Å²) in [6, 6.07) is 19.1. The number of para-hydroxylation sites is 1. The van der Waals surface area contributed by atoms with Crippen LogP contribution in [0.2, 0.25) is 0 Å². The van der Waals surface area contributed by atoms with Gasteiger partial charge in [-0.15, -0.1) is 0 Å². The number of likely N-dealkylation sites (N-methyl/N-ethyl adjacent to an activating group) is 1. The van der Waals surface area contributed by atoms with Crippen molar-refractivity contribution in [1.82, 2.24) is 4.98 Å². The molecule has 0 saturated carbocycles. The third-order valence-corrected chi connectivity index (χ3v) is 3.62. The van der Waals surface area contributed by atoms with E-state index >= 15 is 0 Å². The first kappa shape index (κ1) is 15.0. The number of carbonyl (C=O) groups is 1. The van der Waals surface area contributed by atoms with E-state index in [1.54, 1.807) is 11.1 Å². The van der Waals surface area contributed by atoms with Crippen LogP contribution in [0.25, 0.3) is 10.9 Å². The lowest BCUT2D eigenvalue weighted by Gasteiger charge is -2.21. The van der Waals surface area contributed by atoms with Crippen molar-refractivity contribution in [3.63, 3.8) is 0 Å². The van der Waals surface area contributed by atoms with Gasteiger partial charge in [0.2, 0.25) is 0 Å². The van der Waals surface area contributed by atoms with E-state index in [0.717, 1.165) is 16.6 Å². The van der Waals surface area contributed by atoms with Crippen molar-refractivity contribution in [3.05, 3.63) is 66.9 Å². The number of anilines is 1. The van der Waals surface area contributed by atoms with Gasteiger partial charge in [-0.25, -0.2) is 0 Å². The average molecular weight is 306 g/mol. The minimum atomic E-state index is -0.0648. The zero-order valence-corrected chi connectivity index (χ0v) is 13.0. The number of carbonyl (C=O) groups excluding carboxylic acids is 1. The molecule has 0 atom stereocenters. The summed E-state index contributed by atoms with van der Waals surface area (Å²) in [6.07, 6.45) is 1.76. The van der Waals surface area contributed by atoms with E-state index in [1.807, 2.05) is 67.6 Å². The van der Waals surface area contributed by atoms with Gasteiger partial charge in [-0.3, -0.25) is 9.78 Å². The minimum absolute atomic E-state index is 0.00844. The molecule has 1 heterocycles. The Labute approximate surface area is 135 Å². The predicted octanol–water partition coefficient (Wildman–Crippen LogP) is 3.67. The van der Waals surface area contributed by atoms with E-state index in [1.165, 1.54) is 0 Å². The Kier molecular flexibility index (Phi) is 4.52. The lowest BCUT2D eigenvalue weighted by Crippen LogP contribution is -2.34. The molecular weight excluding hydrogens is 288 g/mol. The third-order valence-electron chi connectivity index (χ3n) is 3.62. The van der Waals surface area contributed by atoms with E-state index in [9.17, 15) is 4.79 Å². The quantitative estimate of drug-likeness (QED) is 0.722. The fourth-order valence-electron chi connectivity index (χ4n) is 2.48. The van der Waals surface area contributed by atoms with Crippen LogP contribution in [-0.4, -0.2) is 24.0 Å². The van der Waals surface area contributed by atoms with Crippen molar-refractivity contribution in [1.29, 1.82) is 0 Å². The smallest absolute Gasteiger partial charge is 0.264 e. The Bertz CT molecular complexity index is 803. The van der Waals surface area contributed by atoms with E-state index < -0.39 is 0 Å². The van der Waals surface area contributed by atoms with Crippen LogP contribution < -0.4 is 9.64 Å². The second kappa shape index (κ2) is 6.92. The molecule has 4 heteroatoms. The van der Waals surface area contributed by atoms with Gasteiger partial charge in [0, 0.05) is 23.8 Å². The third kappa shape index (κ3) is 3.48. The molecule has 0 unspecified atom stereocenters. The van der Waals surface area contributed by atoms with Gasteiger partial charge < -0.3 is 9.64 Å². The summed E-state index contributed by atoms with van der Waals surface area (Å²) >= 11 is 0. The van der Waals surface area contributed by atoms with Gasteiger partial charge in [-0.05, 0) is 43.3 Å². The topological polar surface area (TPSA) is 42.4 Å². The summed E-state index contributed by atoms with van der Waals surface area (Å²) in [5.74, 6) is 0.605. The Morgan fingerprint density at radius 1 is 1.09 bits per heavy atom. The number of nitrogens with zero attached hydrogens (tertiary/aromatic N) is 2. The number of ether oxygens (including phenoxy) is 1. The van der Waals surface area contributed by atoms with Crippen LogP contribution in [-0.2, 0) is 4.79 Å². The van der Waals surface area contributed by atoms with E-state index in [-0.39, 0.29) is 12.5 Å². The molecular formula is C19H18N2O2. The molecule has 116 valence electrons. The SMILES string of the molecule is CCN(C(=O)COc1ccc2ncccc2c1)c1ccccc1. The van der Waals surface area contributed by atoms with Gasteiger partial charge in [-0.1, -0.05) is 24.3 Å². The summed E-state index contributed by atoms with van der Waals surface area (Å²) in [4.78, 5) is 18.4. The summed E-state index contributed by atoms with van der Waals surface area (Å²) in [5, 5.41) is 0.993. The molecule has 0 aliphatic rings. The highest BCUT2D eigenvalue weighted by Gasteiger charge is 2.14. The van der Waals surface area contributed by atoms with Crippen LogP contribution in [0.5, 0.6) is 5.75 Å². The van der Waals surface area contributed by atoms with Crippen LogP contribution >= 0.6 is 0 Å². The van der Waals surface area contributed by atoms with Crippen molar-refractivity contribution in [3.8, 4) is 5.75 Å². The summed E-state index contributed by atoms with van der Waals surface area (Å²) in [6.45, 7) is 2.56. The molecule has 0 saturated heterocycles. The van der Waals surface area contributed by atoms with Crippen LogP contribution in [0.1, 0.15) is 6.92 Å². The predicted molar refractivity (Wildman–Crippen MR) is 91.7 cm³/mol. The maximum atomic E-state index is 12.4. The van der Waals surface area contributed by atoms with Gasteiger partial charge >= 0.3 is 0 Å². The number of rotatable bonds is 5. The van der Waals surface area contributed by atoms with E-state index in [0.29, 0.717) is 12.3 Å². The number of amides is 1. The van der Waals surface area contributed by atoms with E-state index in [4.69, 9.17) is 4.74 Å². The first-order valence-corrected chi connectivity index (χ1v) is 7.61. The maximum Gasteiger partial charge on any atom is 0.264 e. The Morgan fingerprint density at radius 2 is 1.91 bits per heavy atom. The fraction of sp³-hybridized carbons (Fsp3) is 0.158. The van der Waals surface area contributed by atoms with E-state index in [2.05, 4.69) is 4.98 Å². The average Bonchev–Trinajstić information content (AvgIpc) is 2.61. The van der Waals surface area contributed by atoms with Crippen LogP contribution in [0.15, 0.2) is 66.9 Å². The number of aromatic nitrogens is 1. The zero-order chi connectivity index (χ0) is 16.1. The lowest BCUT2D eigenvalue weighted by atomic mass is 10.2. The molecule has 0 aliphatic heterocycles. The van der Waals surface area contributed by atoms with Gasteiger partial charge in [0.05, 0.1) is 5.52 Å². The molecule has 1 aromatic heterocycles. The second-order valence-corrected chi connectivity index (χ2v) is 5.12. The van der Waals surface area contributed by atoms with Gasteiger partial charge in [0.15, 0.2) is 6.61 Å². The minimum Gasteiger partial charge on any atom is -0.484 e. The highest BCUT2D eigenvalue weighted by Crippen LogP contribution is 2.19. The van der Waals surface area contributed by atoms with Crippen molar-refractivity contribution < 1.29 is 9.53 Å². The van der Waals surface area contributed by atoms with Gasteiger partial charge in [0.25, 0.3) is 5.91 Å². The molecule has 0 aliphatic carbocycles. The van der Waals surface area contributed by atoms with Crippen molar-refractivity contribution in [2.24, 2.45) is 0 Å². The Balaban J connectivity index is 1.69. The Hall–Kier alpha value is -2.88. The molecule has 23 heavy (non-hydrogen) atoms. The molecule has 0 spiro atoms. The fourth-order valence-corrected chi connectivity index (χ4v) is 2.48. The first-order valence-electron chi connectivity index (χ1n) is 7.61. The molecule has 1 amide bonds. The molecule has 2 aromatic carbocycles. The van der Waals surface area contributed by atoms with Crippen molar-refractivity contribution >= 4 is 22.5 Å². The summed E-state index contributed by atoms with van der Waals surface area (Å²) in [5.41, 5.74) is 1.79. The Morgan fingerprint density at radius 3 is 2.70 bits per heavy atom. The van der Waals surface area contributed by atoms with Gasteiger partial charge in [-0.2, -0.15) is 0 Å². The van der Waals surface area contributed by atoms with Crippen LogP contribution in [0, 0.1) is 0 Å². The van der Waals surface area contributed by atoms with Crippen LogP contribution in [0.3, 0.4) is 0 Å². The second-order valence-electron chi connectivity index (χ2n) is 5.12. The maximum absolute atomic E-state index is 12.4. The number of fused-ring (bicyclic) bond motifs is 1. The number of pyridine rings is 1. The highest BCUT2D eigenvalue weighted by atomic mass is 16.5. The number of hydrogen-bond donors (Lipinski definition) is 0. The molecule has 0 bridgehead atoms. The summed E-state index contributed by atoms with van der Waals surface area (Å²) in [7, 11) is 0. The first-order chi connectivity index (χ1) is 11.3. The largest absolute Gasteiger partial charge is 0.484 e. The molecule has 3 rings (SSSR count).